The summed E-state index contributed by atoms with van der Waals surface area (Å²) < 4.78 is 38.2. The molecule has 2 aromatic rings. The molecule has 0 saturated carbocycles. The number of rotatable bonds is 4. The largest absolute Gasteiger partial charge is 0.368 e. The van der Waals surface area contributed by atoms with Crippen molar-refractivity contribution < 1.29 is 12.8 Å². The number of nitrogens with two attached hydrogens (primary N) is 1. The predicted octanol–water partition coefficient (Wildman–Crippen LogP) is 2.78. The Hall–Kier alpha value is -1.93. The highest BCUT2D eigenvalue weighted by Gasteiger charge is 2.23. The minimum absolute atomic E-state index is 0.0358. The lowest BCUT2D eigenvalue weighted by atomic mass is 10.3. The molecule has 0 amide bonds. The molecule has 0 bridgehead atoms. The number of nitrogen functional groups attached to an aromatic ring is 1. The zero-order valence-electron chi connectivity index (χ0n) is 11.8. The van der Waals surface area contributed by atoms with Crippen LogP contribution in [-0.2, 0) is 9.84 Å². The van der Waals surface area contributed by atoms with Crippen LogP contribution in [0.15, 0.2) is 29.3 Å². The van der Waals surface area contributed by atoms with Crippen molar-refractivity contribution in [2.75, 3.05) is 11.1 Å². The van der Waals surface area contributed by atoms with Crippen LogP contribution in [-0.4, -0.2) is 23.6 Å². The monoisotopic (exact) mass is 344 g/mol. The highest BCUT2D eigenvalue weighted by atomic mass is 35.5. The summed E-state index contributed by atoms with van der Waals surface area (Å²) in [7, 11) is -3.61. The number of halogens is 2. The van der Waals surface area contributed by atoms with Crippen LogP contribution in [0.1, 0.15) is 13.8 Å². The van der Waals surface area contributed by atoms with Crippen LogP contribution in [0.25, 0.3) is 0 Å². The first-order valence-corrected chi connectivity index (χ1v) is 8.22. The third kappa shape index (κ3) is 3.28. The average molecular weight is 345 g/mol. The van der Waals surface area contributed by atoms with Gasteiger partial charge in [-0.2, -0.15) is 4.98 Å². The Bertz CT molecular complexity index is 812. The molecule has 0 aliphatic heterocycles. The van der Waals surface area contributed by atoms with E-state index in [1.54, 1.807) is 0 Å². The zero-order chi connectivity index (χ0) is 16.5. The number of anilines is 3. The molecule has 2 rings (SSSR count). The SMILES string of the molecule is CC(C)S(=O)(=O)c1ccc(F)cc1Nc1nc(N)ncc1Cl. The number of benzene rings is 1. The first-order valence-electron chi connectivity index (χ1n) is 6.30. The third-order valence-electron chi connectivity index (χ3n) is 2.88. The standard InChI is InChI=1S/C13H14ClFN4O2S/c1-7(2)22(20,21)11-4-3-8(15)5-10(11)18-12-9(14)6-17-13(16)19-12/h3-7H,1-2H3,(H3,16,17,18,19). The van der Waals surface area contributed by atoms with Crippen molar-refractivity contribution in [1.82, 2.24) is 9.97 Å². The van der Waals surface area contributed by atoms with Gasteiger partial charge in [0, 0.05) is 0 Å². The molecule has 0 spiro atoms. The van der Waals surface area contributed by atoms with Crippen molar-refractivity contribution in [2.24, 2.45) is 0 Å². The summed E-state index contributed by atoms with van der Waals surface area (Å²) in [6.07, 6.45) is 1.27. The molecule has 22 heavy (non-hydrogen) atoms. The summed E-state index contributed by atoms with van der Waals surface area (Å²) in [6.45, 7) is 3.08. The molecule has 0 saturated heterocycles. The van der Waals surface area contributed by atoms with Crippen LogP contribution in [0, 0.1) is 5.82 Å². The van der Waals surface area contributed by atoms with Gasteiger partial charge >= 0.3 is 0 Å². The van der Waals surface area contributed by atoms with E-state index in [1.807, 2.05) is 0 Å². The van der Waals surface area contributed by atoms with Crippen LogP contribution < -0.4 is 11.1 Å². The van der Waals surface area contributed by atoms with Gasteiger partial charge in [-0.3, -0.25) is 0 Å². The van der Waals surface area contributed by atoms with E-state index in [0.29, 0.717) is 0 Å². The molecule has 0 aliphatic rings. The number of nitrogens with one attached hydrogen (secondary N) is 1. The topological polar surface area (TPSA) is 98.0 Å². The quantitative estimate of drug-likeness (QED) is 0.827. The lowest BCUT2D eigenvalue weighted by molar-refractivity contribution is 0.587. The van der Waals surface area contributed by atoms with Crippen molar-refractivity contribution in [3.63, 3.8) is 0 Å². The molecule has 3 N–H and O–H groups in total. The molecule has 0 unspecified atom stereocenters. The Kier molecular flexibility index (Phi) is 4.52. The van der Waals surface area contributed by atoms with Gasteiger partial charge < -0.3 is 11.1 Å². The molecule has 118 valence electrons. The molecule has 1 aromatic heterocycles. The van der Waals surface area contributed by atoms with Crippen molar-refractivity contribution in [1.29, 1.82) is 0 Å². The normalized spacial score (nSPS) is 11.7. The van der Waals surface area contributed by atoms with Crippen molar-refractivity contribution in [3.05, 3.63) is 35.2 Å². The Morgan fingerprint density at radius 1 is 1.36 bits per heavy atom. The molecule has 9 heteroatoms. The van der Waals surface area contributed by atoms with Crippen molar-refractivity contribution >= 4 is 38.9 Å². The summed E-state index contributed by atoms with van der Waals surface area (Å²) in [6, 6.07) is 3.34. The molecular weight excluding hydrogens is 331 g/mol. The fourth-order valence-electron chi connectivity index (χ4n) is 1.70. The lowest BCUT2D eigenvalue weighted by Gasteiger charge is -2.15. The second-order valence-electron chi connectivity index (χ2n) is 4.78. The lowest BCUT2D eigenvalue weighted by Crippen LogP contribution is -2.16. The minimum atomic E-state index is -3.61. The smallest absolute Gasteiger partial charge is 0.222 e. The predicted molar refractivity (Wildman–Crippen MR) is 83.5 cm³/mol. The number of hydrogen-bond acceptors (Lipinski definition) is 6. The van der Waals surface area contributed by atoms with E-state index in [2.05, 4.69) is 15.3 Å². The van der Waals surface area contributed by atoms with Crippen LogP contribution in [0.2, 0.25) is 5.02 Å². The van der Waals surface area contributed by atoms with E-state index in [1.165, 1.54) is 26.1 Å². The average Bonchev–Trinajstić information content (AvgIpc) is 2.42. The molecule has 0 radical (unpaired) electrons. The van der Waals surface area contributed by atoms with Crippen LogP contribution in [0.5, 0.6) is 0 Å². The van der Waals surface area contributed by atoms with E-state index in [0.717, 1.165) is 12.1 Å². The summed E-state index contributed by atoms with van der Waals surface area (Å²) >= 11 is 5.93. The Balaban J connectivity index is 2.56. The van der Waals surface area contributed by atoms with E-state index >= 15 is 0 Å². The van der Waals surface area contributed by atoms with Gasteiger partial charge in [0.2, 0.25) is 5.95 Å². The molecule has 1 heterocycles. The number of hydrogen-bond donors (Lipinski definition) is 2. The van der Waals surface area contributed by atoms with Crippen LogP contribution >= 0.6 is 11.6 Å². The number of sulfone groups is 1. The van der Waals surface area contributed by atoms with Gasteiger partial charge in [-0.1, -0.05) is 11.6 Å². The third-order valence-corrected chi connectivity index (χ3v) is 5.37. The van der Waals surface area contributed by atoms with Gasteiger partial charge in [0.25, 0.3) is 0 Å². The first-order chi connectivity index (χ1) is 10.2. The van der Waals surface area contributed by atoms with Crippen LogP contribution in [0.3, 0.4) is 0 Å². The fraction of sp³-hybridized carbons (Fsp3) is 0.231. The number of aromatic nitrogens is 2. The maximum Gasteiger partial charge on any atom is 0.222 e. The minimum Gasteiger partial charge on any atom is -0.368 e. The van der Waals surface area contributed by atoms with Crippen molar-refractivity contribution in [2.45, 2.75) is 24.0 Å². The second-order valence-corrected chi connectivity index (χ2v) is 7.66. The molecular formula is C13H14ClFN4O2S. The second kappa shape index (κ2) is 6.05. The zero-order valence-corrected chi connectivity index (χ0v) is 13.4. The van der Waals surface area contributed by atoms with E-state index in [4.69, 9.17) is 17.3 Å². The van der Waals surface area contributed by atoms with Gasteiger partial charge in [-0.15, -0.1) is 0 Å². The van der Waals surface area contributed by atoms with Gasteiger partial charge in [-0.25, -0.2) is 17.8 Å². The van der Waals surface area contributed by atoms with E-state index in [-0.39, 0.29) is 27.4 Å². The molecule has 0 atom stereocenters. The first kappa shape index (κ1) is 16.4. The summed E-state index contributed by atoms with van der Waals surface area (Å²) in [5.74, 6) is -0.542. The highest BCUT2D eigenvalue weighted by molar-refractivity contribution is 7.92. The van der Waals surface area contributed by atoms with Gasteiger partial charge in [0.05, 0.1) is 22.0 Å². The fourth-order valence-corrected chi connectivity index (χ4v) is 3.02. The molecule has 6 nitrogen and oxygen atoms in total. The number of nitrogens with zero attached hydrogens (tertiary/aromatic N) is 2. The maximum absolute atomic E-state index is 13.5. The van der Waals surface area contributed by atoms with Crippen molar-refractivity contribution in [3.8, 4) is 0 Å². The van der Waals surface area contributed by atoms with E-state index in [9.17, 15) is 12.8 Å². The molecule has 1 aromatic carbocycles. The summed E-state index contributed by atoms with van der Waals surface area (Å²) in [4.78, 5) is 7.53. The van der Waals surface area contributed by atoms with Gasteiger partial charge in [0.1, 0.15) is 10.8 Å². The van der Waals surface area contributed by atoms with Crippen LogP contribution in [0.4, 0.5) is 21.8 Å². The Morgan fingerprint density at radius 2 is 2.05 bits per heavy atom. The summed E-state index contributed by atoms with van der Waals surface area (Å²) in [5, 5.41) is 2.17. The van der Waals surface area contributed by atoms with Gasteiger partial charge in [-0.05, 0) is 32.0 Å². The molecule has 0 aliphatic carbocycles. The molecule has 0 fully saturated rings. The highest BCUT2D eigenvalue weighted by Crippen LogP contribution is 2.30. The van der Waals surface area contributed by atoms with E-state index < -0.39 is 20.9 Å². The Morgan fingerprint density at radius 3 is 2.68 bits per heavy atom. The summed E-state index contributed by atoms with van der Waals surface area (Å²) in [5.41, 5.74) is 5.51. The Labute approximate surface area is 132 Å². The maximum atomic E-state index is 13.5. The van der Waals surface area contributed by atoms with Gasteiger partial charge in [0.15, 0.2) is 15.7 Å².